The summed E-state index contributed by atoms with van der Waals surface area (Å²) in [5, 5.41) is 3.33. The Morgan fingerprint density at radius 2 is 1.83 bits per heavy atom. The fourth-order valence-electron chi connectivity index (χ4n) is 6.05. The summed E-state index contributed by atoms with van der Waals surface area (Å²) in [6.45, 7) is 4.59. The number of nitrogens with one attached hydrogen (secondary N) is 1. The number of ether oxygens (including phenoxy) is 1. The number of benzene rings is 1. The van der Waals surface area contributed by atoms with Crippen LogP contribution in [0.5, 0.6) is 5.75 Å². The van der Waals surface area contributed by atoms with Gasteiger partial charge < -0.3 is 15.0 Å². The van der Waals surface area contributed by atoms with Gasteiger partial charge in [0, 0.05) is 23.9 Å². The maximum Gasteiger partial charge on any atom is 0.223 e. The van der Waals surface area contributed by atoms with Gasteiger partial charge in [-0.25, -0.2) is 0 Å². The zero-order valence-corrected chi connectivity index (χ0v) is 18.4. The molecule has 1 N–H and O–H groups in total. The second-order valence-corrected chi connectivity index (χ2v) is 10.2. The predicted octanol–water partition coefficient (Wildman–Crippen LogP) is 4.67. The Morgan fingerprint density at radius 3 is 2.57 bits per heavy atom. The number of likely N-dealkylation sites (tertiary alicyclic amines) is 1. The molecule has 4 nitrogen and oxygen atoms in total. The summed E-state index contributed by atoms with van der Waals surface area (Å²) in [7, 11) is 0. The third-order valence-electron chi connectivity index (χ3n) is 8.33. The van der Waals surface area contributed by atoms with Crippen molar-refractivity contribution < 1.29 is 9.53 Å². The molecule has 164 valence electrons. The second-order valence-electron chi connectivity index (χ2n) is 10.2. The number of piperidine rings is 1. The van der Waals surface area contributed by atoms with Gasteiger partial charge in [-0.05, 0) is 101 Å². The van der Waals surface area contributed by atoms with Crippen molar-refractivity contribution in [3.8, 4) is 5.75 Å². The molecule has 1 saturated heterocycles. The Kier molecular flexibility index (Phi) is 6.31. The number of nitrogens with zero attached hydrogens (tertiary/aromatic N) is 1. The van der Waals surface area contributed by atoms with Crippen LogP contribution in [-0.2, 0) is 11.2 Å². The van der Waals surface area contributed by atoms with Gasteiger partial charge >= 0.3 is 0 Å². The van der Waals surface area contributed by atoms with Crippen LogP contribution in [0.25, 0.3) is 0 Å². The predicted molar refractivity (Wildman–Crippen MR) is 120 cm³/mol. The van der Waals surface area contributed by atoms with Gasteiger partial charge in [-0.2, -0.15) is 0 Å². The van der Waals surface area contributed by atoms with Crippen LogP contribution in [-0.4, -0.2) is 43.1 Å². The van der Waals surface area contributed by atoms with Crippen LogP contribution < -0.4 is 10.1 Å². The van der Waals surface area contributed by atoms with Crippen molar-refractivity contribution in [2.45, 2.75) is 82.6 Å². The number of hydrogen-bond donors (Lipinski definition) is 1. The van der Waals surface area contributed by atoms with E-state index in [1.807, 2.05) is 0 Å². The van der Waals surface area contributed by atoms with Gasteiger partial charge in [-0.15, -0.1) is 0 Å². The molecule has 4 aliphatic rings. The largest absolute Gasteiger partial charge is 0.493 e. The Hall–Kier alpha value is -1.55. The molecular formula is C26H38N2O2. The molecule has 1 aromatic carbocycles. The molecule has 0 aromatic heterocycles. The highest BCUT2D eigenvalue weighted by Gasteiger charge is 2.30. The highest BCUT2D eigenvalue weighted by atomic mass is 16.5. The van der Waals surface area contributed by atoms with Gasteiger partial charge in [0.2, 0.25) is 5.91 Å². The van der Waals surface area contributed by atoms with Crippen LogP contribution in [0.15, 0.2) is 18.2 Å². The summed E-state index contributed by atoms with van der Waals surface area (Å²) in [6.07, 6.45) is 13.4. The van der Waals surface area contributed by atoms with E-state index in [4.69, 9.17) is 4.74 Å². The molecule has 2 saturated carbocycles. The minimum Gasteiger partial charge on any atom is -0.493 e. The van der Waals surface area contributed by atoms with Crippen LogP contribution in [0.2, 0.25) is 0 Å². The summed E-state index contributed by atoms with van der Waals surface area (Å²) in [5.41, 5.74) is 3.05. The van der Waals surface area contributed by atoms with E-state index >= 15 is 0 Å². The number of carbonyl (C=O) groups excluding carboxylic acids is 1. The normalized spacial score (nSPS) is 27.9. The smallest absolute Gasteiger partial charge is 0.223 e. The molecule has 2 heterocycles. The fourth-order valence-corrected chi connectivity index (χ4v) is 6.05. The van der Waals surface area contributed by atoms with Crippen LogP contribution in [0.3, 0.4) is 0 Å². The summed E-state index contributed by atoms with van der Waals surface area (Å²) in [6, 6.07) is 7.10. The minimum atomic E-state index is 0.329. The maximum atomic E-state index is 12.2. The van der Waals surface area contributed by atoms with E-state index in [0.29, 0.717) is 23.8 Å². The van der Waals surface area contributed by atoms with E-state index in [0.717, 1.165) is 37.5 Å². The molecule has 1 aromatic rings. The van der Waals surface area contributed by atoms with Gasteiger partial charge in [0.15, 0.2) is 0 Å². The molecule has 5 rings (SSSR count). The summed E-state index contributed by atoms with van der Waals surface area (Å²) >= 11 is 0. The van der Waals surface area contributed by atoms with Gasteiger partial charge in [-0.3, -0.25) is 4.79 Å². The topological polar surface area (TPSA) is 41.6 Å². The number of rotatable bonds is 6. The Morgan fingerprint density at radius 1 is 1.03 bits per heavy atom. The molecule has 0 radical (unpaired) electrons. The Balaban J connectivity index is 1.01. The van der Waals surface area contributed by atoms with Crippen LogP contribution >= 0.6 is 0 Å². The first-order valence-corrected chi connectivity index (χ1v) is 12.5. The third-order valence-corrected chi connectivity index (χ3v) is 8.33. The lowest BCUT2D eigenvalue weighted by Gasteiger charge is -2.35. The first kappa shape index (κ1) is 20.4. The highest BCUT2D eigenvalue weighted by Crippen LogP contribution is 2.37. The number of hydrogen-bond acceptors (Lipinski definition) is 3. The lowest BCUT2D eigenvalue weighted by Crippen LogP contribution is -2.43. The van der Waals surface area contributed by atoms with Crippen molar-refractivity contribution in [3.63, 3.8) is 0 Å². The van der Waals surface area contributed by atoms with Crippen molar-refractivity contribution in [2.75, 3.05) is 26.2 Å². The van der Waals surface area contributed by atoms with E-state index in [9.17, 15) is 4.79 Å². The Labute approximate surface area is 181 Å². The first-order chi connectivity index (χ1) is 14.8. The van der Waals surface area contributed by atoms with E-state index in [-0.39, 0.29) is 0 Å². The molecule has 2 aliphatic carbocycles. The zero-order chi connectivity index (χ0) is 20.3. The van der Waals surface area contributed by atoms with E-state index < -0.39 is 0 Å². The molecule has 0 atom stereocenters. The SMILES string of the molecule is O=C(NC1CCC(CCN2CCC(c3cccc4c3CCO4)CC2)CC1)C1CCC1. The quantitative estimate of drug-likeness (QED) is 0.741. The van der Waals surface area contributed by atoms with Crippen molar-refractivity contribution in [1.29, 1.82) is 0 Å². The first-order valence-electron chi connectivity index (χ1n) is 12.5. The average molecular weight is 411 g/mol. The van der Waals surface area contributed by atoms with Gasteiger partial charge in [0.25, 0.3) is 0 Å². The van der Waals surface area contributed by atoms with E-state index in [1.165, 1.54) is 76.6 Å². The third kappa shape index (κ3) is 4.54. The van der Waals surface area contributed by atoms with E-state index in [1.54, 1.807) is 5.56 Å². The lowest BCUT2D eigenvalue weighted by molar-refractivity contribution is -0.128. The molecule has 1 amide bonds. The van der Waals surface area contributed by atoms with Gasteiger partial charge in [-0.1, -0.05) is 18.6 Å². The molecule has 4 heteroatoms. The lowest BCUT2D eigenvalue weighted by atomic mass is 9.81. The standard InChI is InChI=1S/C26H38N2O2/c29-26(21-3-1-4-21)27-22-9-7-19(8-10-22)11-15-28-16-12-20(13-17-28)23-5-2-6-25-24(23)14-18-30-25/h2,5-6,19-22H,1,3-4,7-18H2,(H,27,29). The second kappa shape index (κ2) is 9.30. The van der Waals surface area contributed by atoms with E-state index in [2.05, 4.69) is 28.4 Å². The van der Waals surface area contributed by atoms with Crippen molar-refractivity contribution >= 4 is 5.91 Å². The highest BCUT2D eigenvalue weighted by molar-refractivity contribution is 5.79. The Bertz CT molecular complexity index is 729. The van der Waals surface area contributed by atoms with Crippen LogP contribution in [0.1, 0.15) is 81.3 Å². The fraction of sp³-hybridized carbons (Fsp3) is 0.731. The molecule has 0 bridgehead atoms. The minimum absolute atomic E-state index is 0.329. The number of amides is 1. The van der Waals surface area contributed by atoms with Crippen molar-refractivity contribution in [1.82, 2.24) is 10.2 Å². The maximum absolute atomic E-state index is 12.2. The number of carbonyl (C=O) groups is 1. The summed E-state index contributed by atoms with van der Waals surface area (Å²) < 4.78 is 5.77. The molecule has 0 spiro atoms. The number of fused-ring (bicyclic) bond motifs is 1. The monoisotopic (exact) mass is 410 g/mol. The van der Waals surface area contributed by atoms with Gasteiger partial charge in [0.1, 0.15) is 5.75 Å². The van der Waals surface area contributed by atoms with Crippen LogP contribution in [0.4, 0.5) is 0 Å². The molecule has 0 unspecified atom stereocenters. The molecular weight excluding hydrogens is 372 g/mol. The van der Waals surface area contributed by atoms with Gasteiger partial charge in [0.05, 0.1) is 6.61 Å². The van der Waals surface area contributed by atoms with Crippen molar-refractivity contribution in [3.05, 3.63) is 29.3 Å². The zero-order valence-electron chi connectivity index (χ0n) is 18.4. The van der Waals surface area contributed by atoms with Crippen LogP contribution in [0, 0.1) is 11.8 Å². The summed E-state index contributed by atoms with van der Waals surface area (Å²) in [4.78, 5) is 14.9. The molecule has 30 heavy (non-hydrogen) atoms. The van der Waals surface area contributed by atoms with Crippen molar-refractivity contribution in [2.24, 2.45) is 11.8 Å². The molecule has 3 fully saturated rings. The molecule has 2 aliphatic heterocycles. The average Bonchev–Trinajstić information content (AvgIpc) is 3.21. The summed E-state index contributed by atoms with van der Waals surface area (Å²) in [5.74, 6) is 3.37.